The second-order valence-electron chi connectivity index (χ2n) is 4.70. The van der Waals surface area contributed by atoms with Crippen molar-refractivity contribution in [2.75, 3.05) is 26.3 Å². The first-order valence-electron chi connectivity index (χ1n) is 5.78. The molecule has 14 heavy (non-hydrogen) atoms. The lowest BCUT2D eigenvalue weighted by atomic mass is 9.96. The summed E-state index contributed by atoms with van der Waals surface area (Å²) in [5.41, 5.74) is 1.64. The molecule has 1 saturated heterocycles. The van der Waals surface area contributed by atoms with Crippen LogP contribution in [0.2, 0.25) is 0 Å². The molecule has 2 heterocycles. The highest BCUT2D eigenvalue weighted by atomic mass is 16.5. The molecular formula is C12H21NO. The Morgan fingerprint density at radius 2 is 2.36 bits per heavy atom. The van der Waals surface area contributed by atoms with Gasteiger partial charge >= 0.3 is 0 Å². The van der Waals surface area contributed by atoms with Crippen molar-refractivity contribution < 1.29 is 4.74 Å². The normalized spacial score (nSPS) is 29.6. The van der Waals surface area contributed by atoms with Crippen LogP contribution in [0, 0.1) is 5.92 Å². The van der Waals surface area contributed by atoms with Gasteiger partial charge in [0.2, 0.25) is 0 Å². The molecule has 1 atom stereocenters. The van der Waals surface area contributed by atoms with E-state index in [1.54, 1.807) is 5.57 Å². The Bertz CT molecular complexity index is 216. The van der Waals surface area contributed by atoms with E-state index in [1.165, 1.54) is 19.4 Å². The van der Waals surface area contributed by atoms with Gasteiger partial charge in [-0.2, -0.15) is 0 Å². The third-order valence-electron chi connectivity index (χ3n) is 3.44. The van der Waals surface area contributed by atoms with E-state index >= 15 is 0 Å². The Morgan fingerprint density at radius 3 is 2.86 bits per heavy atom. The van der Waals surface area contributed by atoms with Crippen LogP contribution < -0.4 is 0 Å². The molecule has 0 amide bonds. The summed E-state index contributed by atoms with van der Waals surface area (Å²) in [5.74, 6) is 0.733. The van der Waals surface area contributed by atoms with Crippen molar-refractivity contribution in [3.63, 3.8) is 0 Å². The number of nitrogens with zero attached hydrogens (tertiary/aromatic N) is 1. The van der Waals surface area contributed by atoms with Crippen molar-refractivity contribution in [3.8, 4) is 0 Å². The van der Waals surface area contributed by atoms with E-state index in [2.05, 4.69) is 24.8 Å². The third-order valence-corrected chi connectivity index (χ3v) is 3.44. The minimum absolute atomic E-state index is 0.694. The number of hydrogen-bond donors (Lipinski definition) is 0. The highest BCUT2D eigenvalue weighted by Gasteiger charge is 2.24. The van der Waals surface area contributed by atoms with Gasteiger partial charge in [-0.25, -0.2) is 0 Å². The van der Waals surface area contributed by atoms with Crippen molar-refractivity contribution >= 4 is 0 Å². The van der Waals surface area contributed by atoms with E-state index in [4.69, 9.17) is 4.74 Å². The van der Waals surface area contributed by atoms with Crippen molar-refractivity contribution in [1.82, 2.24) is 4.90 Å². The van der Waals surface area contributed by atoms with Gasteiger partial charge in [-0.15, -0.1) is 0 Å². The van der Waals surface area contributed by atoms with Crippen LogP contribution in [0.3, 0.4) is 0 Å². The minimum atomic E-state index is 0.694. The van der Waals surface area contributed by atoms with Gasteiger partial charge in [-0.05, 0) is 18.8 Å². The fourth-order valence-electron chi connectivity index (χ4n) is 2.37. The predicted octanol–water partition coefficient (Wildman–Crippen LogP) is 2.06. The van der Waals surface area contributed by atoms with Gasteiger partial charge in [0.05, 0.1) is 6.61 Å². The zero-order valence-corrected chi connectivity index (χ0v) is 9.33. The first-order chi connectivity index (χ1) is 6.77. The molecule has 0 spiro atoms. The Balaban J connectivity index is 1.88. The highest BCUT2D eigenvalue weighted by molar-refractivity contribution is 5.10. The first kappa shape index (κ1) is 10.2. The van der Waals surface area contributed by atoms with Crippen molar-refractivity contribution in [3.05, 3.63) is 11.6 Å². The fraction of sp³-hybridized carbons (Fsp3) is 0.833. The average molecular weight is 195 g/mol. The summed E-state index contributed by atoms with van der Waals surface area (Å²) in [6.07, 6.45) is 4.91. The van der Waals surface area contributed by atoms with Crippen molar-refractivity contribution in [1.29, 1.82) is 0 Å². The number of ether oxygens (including phenoxy) is 1. The molecule has 0 saturated carbocycles. The van der Waals surface area contributed by atoms with Crippen LogP contribution in [-0.4, -0.2) is 37.2 Å². The van der Waals surface area contributed by atoms with Gasteiger partial charge in [0.25, 0.3) is 0 Å². The molecule has 2 nitrogen and oxygen atoms in total. The summed E-state index contributed by atoms with van der Waals surface area (Å²) in [4.78, 5) is 2.57. The molecular weight excluding hydrogens is 174 g/mol. The molecule has 0 radical (unpaired) electrons. The van der Waals surface area contributed by atoms with Gasteiger partial charge in [-0.1, -0.05) is 25.5 Å². The largest absolute Gasteiger partial charge is 0.380 e. The molecule has 2 heteroatoms. The second kappa shape index (κ2) is 4.45. The third kappa shape index (κ3) is 2.18. The molecule has 2 aliphatic heterocycles. The molecule has 2 rings (SSSR count). The quantitative estimate of drug-likeness (QED) is 0.625. The van der Waals surface area contributed by atoms with Gasteiger partial charge < -0.3 is 4.74 Å². The second-order valence-corrected chi connectivity index (χ2v) is 4.70. The van der Waals surface area contributed by atoms with Crippen molar-refractivity contribution in [2.45, 2.75) is 32.7 Å². The van der Waals surface area contributed by atoms with Crippen LogP contribution >= 0.6 is 0 Å². The Labute approximate surface area is 86.9 Å². The van der Waals surface area contributed by atoms with Crippen LogP contribution in [0.4, 0.5) is 0 Å². The lowest BCUT2D eigenvalue weighted by Gasteiger charge is -2.31. The molecule has 0 aromatic carbocycles. The number of hydrogen-bond acceptors (Lipinski definition) is 2. The highest BCUT2D eigenvalue weighted by Crippen LogP contribution is 2.22. The first-order valence-corrected chi connectivity index (χ1v) is 5.78. The molecule has 2 aliphatic rings. The fourth-order valence-corrected chi connectivity index (χ4v) is 2.37. The summed E-state index contributed by atoms with van der Waals surface area (Å²) < 4.78 is 5.42. The zero-order valence-electron chi connectivity index (χ0n) is 9.33. The Hall–Kier alpha value is -0.340. The van der Waals surface area contributed by atoms with Crippen LogP contribution in [0.15, 0.2) is 11.6 Å². The maximum Gasteiger partial charge on any atom is 0.0622 e. The maximum atomic E-state index is 5.42. The predicted molar refractivity (Wildman–Crippen MR) is 58.3 cm³/mol. The molecule has 1 unspecified atom stereocenters. The molecule has 0 N–H and O–H groups in total. The summed E-state index contributed by atoms with van der Waals surface area (Å²) in [6.45, 7) is 8.87. The smallest absolute Gasteiger partial charge is 0.0622 e. The Kier molecular flexibility index (Phi) is 3.24. The lowest BCUT2D eigenvalue weighted by molar-refractivity contribution is 0.148. The van der Waals surface area contributed by atoms with Gasteiger partial charge in [0.15, 0.2) is 0 Å². The molecule has 0 aromatic heterocycles. The van der Waals surface area contributed by atoms with E-state index in [-0.39, 0.29) is 0 Å². The SMILES string of the molecule is CC(C)C1=CCN(C2CCOC2)CC1. The zero-order chi connectivity index (χ0) is 9.97. The standard InChI is InChI=1S/C12H21NO/c1-10(2)11-3-6-13(7-4-11)12-5-8-14-9-12/h3,10,12H,4-9H2,1-2H3. The van der Waals surface area contributed by atoms with Gasteiger partial charge in [0.1, 0.15) is 0 Å². The summed E-state index contributed by atoms with van der Waals surface area (Å²) in [6, 6.07) is 0.694. The van der Waals surface area contributed by atoms with Crippen LogP contribution in [0.1, 0.15) is 26.7 Å². The van der Waals surface area contributed by atoms with Gasteiger partial charge in [-0.3, -0.25) is 4.90 Å². The molecule has 80 valence electrons. The number of rotatable bonds is 2. The topological polar surface area (TPSA) is 12.5 Å². The van der Waals surface area contributed by atoms with E-state index < -0.39 is 0 Å². The van der Waals surface area contributed by atoms with Crippen LogP contribution in [-0.2, 0) is 4.74 Å². The van der Waals surface area contributed by atoms with Crippen molar-refractivity contribution in [2.24, 2.45) is 5.92 Å². The van der Waals surface area contributed by atoms with E-state index in [1.807, 2.05) is 0 Å². The van der Waals surface area contributed by atoms with Crippen LogP contribution in [0.5, 0.6) is 0 Å². The Morgan fingerprint density at radius 1 is 1.50 bits per heavy atom. The van der Waals surface area contributed by atoms with Gasteiger partial charge in [0, 0.05) is 25.7 Å². The molecule has 0 aromatic rings. The average Bonchev–Trinajstić information content (AvgIpc) is 2.71. The van der Waals surface area contributed by atoms with Crippen LogP contribution in [0.25, 0.3) is 0 Å². The lowest BCUT2D eigenvalue weighted by Crippen LogP contribution is -2.39. The monoisotopic (exact) mass is 195 g/mol. The molecule has 0 aliphatic carbocycles. The maximum absolute atomic E-state index is 5.42. The summed E-state index contributed by atoms with van der Waals surface area (Å²) >= 11 is 0. The van der Waals surface area contributed by atoms with E-state index in [0.29, 0.717) is 6.04 Å². The van der Waals surface area contributed by atoms with E-state index in [0.717, 1.165) is 25.7 Å². The van der Waals surface area contributed by atoms with E-state index in [9.17, 15) is 0 Å². The minimum Gasteiger partial charge on any atom is -0.380 e. The summed E-state index contributed by atoms with van der Waals surface area (Å²) in [7, 11) is 0. The summed E-state index contributed by atoms with van der Waals surface area (Å²) in [5, 5.41) is 0. The molecule has 1 fully saturated rings. The molecule has 0 bridgehead atoms.